The van der Waals surface area contributed by atoms with Crippen LogP contribution in [0.25, 0.3) is 0 Å². The van der Waals surface area contributed by atoms with E-state index < -0.39 is 0 Å². The molecule has 0 bridgehead atoms. The third kappa shape index (κ3) is 4.62. The van der Waals surface area contributed by atoms with Gasteiger partial charge in [-0.15, -0.1) is 24.0 Å². The van der Waals surface area contributed by atoms with Crippen molar-refractivity contribution in [3.63, 3.8) is 0 Å². The average Bonchev–Trinajstić information content (AvgIpc) is 2.88. The van der Waals surface area contributed by atoms with Crippen LogP contribution in [0.5, 0.6) is 5.75 Å². The molecule has 24 heavy (non-hydrogen) atoms. The molecule has 0 aliphatic heterocycles. The molecule has 3 N–H and O–H groups in total. The van der Waals surface area contributed by atoms with E-state index in [4.69, 9.17) is 10.5 Å². The summed E-state index contributed by atoms with van der Waals surface area (Å²) in [5.74, 6) is 1.10. The summed E-state index contributed by atoms with van der Waals surface area (Å²) in [6.45, 7) is 4.75. The van der Waals surface area contributed by atoms with Crippen LogP contribution in [0.3, 0.4) is 0 Å². The maximum Gasteiger partial charge on any atom is 0.193 e. The number of nitrogens with two attached hydrogens (primary N) is 1. The zero-order valence-electron chi connectivity index (χ0n) is 14.7. The molecule has 1 aromatic heterocycles. The molecule has 0 radical (unpaired) electrons. The van der Waals surface area contributed by atoms with Crippen LogP contribution in [0, 0.1) is 0 Å². The van der Waals surface area contributed by atoms with E-state index in [0.29, 0.717) is 12.5 Å². The first-order chi connectivity index (χ1) is 11.1. The van der Waals surface area contributed by atoms with E-state index in [0.717, 1.165) is 30.0 Å². The monoisotopic (exact) mass is 443 g/mol. The number of guanidine groups is 1. The summed E-state index contributed by atoms with van der Waals surface area (Å²) in [7, 11) is 3.60. The fraction of sp³-hybridized carbons (Fsp3) is 0.412. The third-order valence-corrected chi connectivity index (χ3v) is 3.81. The highest BCUT2D eigenvalue weighted by Gasteiger charge is 2.13. The Kier molecular flexibility index (Phi) is 8.03. The summed E-state index contributed by atoms with van der Waals surface area (Å²) in [5.41, 5.74) is 10.3. The summed E-state index contributed by atoms with van der Waals surface area (Å²) in [5, 5.41) is 7.64. The smallest absolute Gasteiger partial charge is 0.193 e. The predicted molar refractivity (Wildman–Crippen MR) is 109 cm³/mol. The van der Waals surface area contributed by atoms with Crippen LogP contribution in [-0.2, 0) is 26.4 Å². The number of hydrogen-bond acceptors (Lipinski definition) is 3. The second-order valence-corrected chi connectivity index (χ2v) is 5.23. The molecule has 0 spiro atoms. The molecular weight excluding hydrogens is 417 g/mol. The van der Waals surface area contributed by atoms with Gasteiger partial charge in [-0.3, -0.25) is 4.68 Å². The Hall–Kier alpha value is -1.77. The number of para-hydroxylation sites is 2. The van der Waals surface area contributed by atoms with Crippen molar-refractivity contribution in [3.8, 4) is 5.75 Å². The lowest BCUT2D eigenvalue weighted by Gasteiger charge is -2.10. The van der Waals surface area contributed by atoms with E-state index in [1.165, 1.54) is 11.3 Å². The molecule has 0 saturated carbocycles. The molecule has 2 aromatic rings. The first kappa shape index (κ1) is 20.3. The Morgan fingerprint density at radius 2 is 2.00 bits per heavy atom. The molecule has 0 fully saturated rings. The fourth-order valence-corrected chi connectivity index (χ4v) is 2.66. The first-order valence-electron chi connectivity index (χ1n) is 7.84. The van der Waals surface area contributed by atoms with Gasteiger partial charge in [-0.2, -0.15) is 5.10 Å². The van der Waals surface area contributed by atoms with Gasteiger partial charge >= 0.3 is 0 Å². The van der Waals surface area contributed by atoms with Crippen molar-refractivity contribution in [2.45, 2.75) is 33.2 Å². The third-order valence-electron chi connectivity index (χ3n) is 3.81. The van der Waals surface area contributed by atoms with Crippen molar-refractivity contribution in [3.05, 3.63) is 41.2 Å². The Bertz CT molecular complexity index is 696. The van der Waals surface area contributed by atoms with Gasteiger partial charge in [-0.05, 0) is 25.0 Å². The minimum Gasteiger partial charge on any atom is -0.495 e. The molecule has 0 amide bonds. The zero-order valence-corrected chi connectivity index (χ0v) is 17.0. The molecule has 0 aliphatic rings. The standard InChI is InChI=1S/C17H25N5O.HI/c1-5-13-12(15(6-2)22(3)21-13)11-19-17(18)20-14-9-7-8-10-16(14)23-4;/h7-10H,5-6,11H2,1-4H3,(H3,18,19,20);1H. The van der Waals surface area contributed by atoms with Crippen molar-refractivity contribution < 1.29 is 4.74 Å². The van der Waals surface area contributed by atoms with E-state index in [9.17, 15) is 0 Å². The number of aryl methyl sites for hydroxylation is 2. The SMILES string of the molecule is CCc1nn(C)c(CC)c1CN=C(N)Nc1ccccc1OC.I. The largest absolute Gasteiger partial charge is 0.495 e. The van der Waals surface area contributed by atoms with Crippen molar-refractivity contribution in [2.24, 2.45) is 17.8 Å². The summed E-state index contributed by atoms with van der Waals surface area (Å²) in [6, 6.07) is 7.61. The summed E-state index contributed by atoms with van der Waals surface area (Å²) in [4.78, 5) is 4.47. The minimum absolute atomic E-state index is 0. The molecule has 0 atom stereocenters. The summed E-state index contributed by atoms with van der Waals surface area (Å²) >= 11 is 0. The van der Waals surface area contributed by atoms with E-state index in [-0.39, 0.29) is 24.0 Å². The van der Waals surface area contributed by atoms with Gasteiger partial charge in [0.05, 0.1) is 25.0 Å². The van der Waals surface area contributed by atoms with Gasteiger partial charge in [0.25, 0.3) is 0 Å². The molecular formula is C17H26IN5O. The quantitative estimate of drug-likeness (QED) is 0.409. The molecule has 0 saturated heterocycles. The van der Waals surface area contributed by atoms with Gasteiger partial charge in [0.15, 0.2) is 5.96 Å². The van der Waals surface area contributed by atoms with Crippen LogP contribution in [0.15, 0.2) is 29.3 Å². The Morgan fingerprint density at radius 1 is 1.29 bits per heavy atom. The van der Waals surface area contributed by atoms with Crippen molar-refractivity contribution >= 4 is 35.6 Å². The molecule has 0 aliphatic carbocycles. The fourth-order valence-electron chi connectivity index (χ4n) is 2.66. The number of methoxy groups -OCH3 is 1. The molecule has 2 rings (SSSR count). The number of hydrogen-bond donors (Lipinski definition) is 2. The van der Waals surface area contributed by atoms with E-state index in [1.807, 2.05) is 36.0 Å². The number of ether oxygens (including phenoxy) is 1. The molecule has 1 aromatic carbocycles. The lowest BCUT2D eigenvalue weighted by atomic mass is 10.1. The van der Waals surface area contributed by atoms with Gasteiger partial charge in [-0.1, -0.05) is 26.0 Å². The van der Waals surface area contributed by atoms with Crippen LogP contribution in [0.4, 0.5) is 5.69 Å². The van der Waals surface area contributed by atoms with Crippen molar-refractivity contribution in [1.29, 1.82) is 0 Å². The van der Waals surface area contributed by atoms with Crippen LogP contribution in [0.2, 0.25) is 0 Å². The van der Waals surface area contributed by atoms with Gasteiger partial charge in [0, 0.05) is 18.3 Å². The zero-order chi connectivity index (χ0) is 16.8. The van der Waals surface area contributed by atoms with Crippen molar-refractivity contribution in [2.75, 3.05) is 12.4 Å². The maximum absolute atomic E-state index is 6.02. The number of nitrogens with zero attached hydrogens (tertiary/aromatic N) is 3. The second kappa shape index (κ2) is 9.51. The van der Waals surface area contributed by atoms with Crippen LogP contribution >= 0.6 is 24.0 Å². The number of aromatic nitrogens is 2. The maximum atomic E-state index is 6.02. The highest BCUT2D eigenvalue weighted by Crippen LogP contribution is 2.23. The van der Waals surface area contributed by atoms with Gasteiger partial charge < -0.3 is 15.8 Å². The number of halogens is 1. The van der Waals surface area contributed by atoms with E-state index in [1.54, 1.807) is 7.11 Å². The number of anilines is 1. The summed E-state index contributed by atoms with van der Waals surface area (Å²) in [6.07, 6.45) is 1.81. The molecule has 132 valence electrons. The van der Waals surface area contributed by atoms with Gasteiger partial charge in [-0.25, -0.2) is 4.99 Å². The van der Waals surface area contributed by atoms with Gasteiger partial charge in [0.2, 0.25) is 0 Å². The van der Waals surface area contributed by atoms with E-state index in [2.05, 4.69) is 29.3 Å². The number of nitrogens with one attached hydrogen (secondary N) is 1. The first-order valence-corrected chi connectivity index (χ1v) is 7.84. The average molecular weight is 443 g/mol. The summed E-state index contributed by atoms with van der Waals surface area (Å²) < 4.78 is 7.24. The number of benzene rings is 1. The Balaban J connectivity index is 0.00000288. The van der Waals surface area contributed by atoms with Crippen molar-refractivity contribution in [1.82, 2.24) is 9.78 Å². The molecule has 6 nitrogen and oxygen atoms in total. The molecule has 1 heterocycles. The van der Waals surface area contributed by atoms with Gasteiger partial charge in [0.1, 0.15) is 5.75 Å². The Labute approximate surface area is 160 Å². The normalized spacial score (nSPS) is 11.1. The van der Waals surface area contributed by atoms with Crippen LogP contribution in [-0.4, -0.2) is 22.8 Å². The minimum atomic E-state index is 0. The molecule has 7 heteroatoms. The Morgan fingerprint density at radius 3 is 2.62 bits per heavy atom. The highest BCUT2D eigenvalue weighted by molar-refractivity contribution is 14.0. The number of aliphatic imine (C=N–C) groups is 1. The van der Waals surface area contributed by atoms with E-state index >= 15 is 0 Å². The lowest BCUT2D eigenvalue weighted by molar-refractivity contribution is 0.417. The van der Waals surface area contributed by atoms with Crippen LogP contribution in [0.1, 0.15) is 30.8 Å². The predicted octanol–water partition coefficient (Wildman–Crippen LogP) is 3.10. The highest BCUT2D eigenvalue weighted by atomic mass is 127. The molecule has 0 unspecified atom stereocenters. The topological polar surface area (TPSA) is 77.5 Å². The second-order valence-electron chi connectivity index (χ2n) is 5.23. The lowest BCUT2D eigenvalue weighted by Crippen LogP contribution is -2.23. The number of rotatable bonds is 6. The van der Waals surface area contributed by atoms with Crippen LogP contribution < -0.4 is 15.8 Å².